The predicted octanol–water partition coefficient (Wildman–Crippen LogP) is 4.12. The minimum Gasteiger partial charge on any atom is -0.322 e. The summed E-state index contributed by atoms with van der Waals surface area (Å²) < 4.78 is 39.7. The van der Waals surface area contributed by atoms with Gasteiger partial charge in [-0.2, -0.15) is 0 Å². The van der Waals surface area contributed by atoms with Crippen molar-refractivity contribution in [3.63, 3.8) is 0 Å². The first-order valence-corrected chi connectivity index (χ1v) is 5.98. The first-order valence-electron chi connectivity index (χ1n) is 5.19. The fourth-order valence-electron chi connectivity index (χ4n) is 1.44. The van der Waals surface area contributed by atoms with Crippen LogP contribution in [0.1, 0.15) is 10.4 Å². The lowest BCUT2D eigenvalue weighted by atomic mass is 10.2. The van der Waals surface area contributed by atoms with Crippen LogP contribution >= 0.6 is 15.9 Å². The van der Waals surface area contributed by atoms with Gasteiger partial charge in [-0.05, 0) is 30.3 Å². The molecule has 0 saturated carbocycles. The summed E-state index contributed by atoms with van der Waals surface area (Å²) in [5.41, 5.74) is -0.151. The molecule has 0 spiro atoms. The molecule has 0 aliphatic carbocycles. The van der Waals surface area contributed by atoms with Gasteiger partial charge in [0.1, 0.15) is 5.82 Å². The van der Waals surface area contributed by atoms with Crippen molar-refractivity contribution >= 4 is 27.5 Å². The van der Waals surface area contributed by atoms with Crippen LogP contribution in [0.2, 0.25) is 0 Å². The number of benzene rings is 2. The number of amides is 1. The molecule has 0 aromatic heterocycles. The van der Waals surface area contributed by atoms with Gasteiger partial charge in [-0.25, -0.2) is 13.2 Å². The molecule has 2 nitrogen and oxygen atoms in total. The quantitative estimate of drug-likeness (QED) is 0.882. The topological polar surface area (TPSA) is 29.1 Å². The Balaban J connectivity index is 2.25. The second kappa shape index (κ2) is 5.44. The fraction of sp³-hybridized carbons (Fsp3) is 0. The maximum Gasteiger partial charge on any atom is 0.258 e. The van der Waals surface area contributed by atoms with Crippen LogP contribution in [-0.2, 0) is 0 Å². The number of anilines is 1. The van der Waals surface area contributed by atoms with Crippen LogP contribution in [0.4, 0.5) is 18.9 Å². The molecule has 2 rings (SSSR count). The van der Waals surface area contributed by atoms with Crippen LogP contribution in [0.3, 0.4) is 0 Å². The number of rotatable bonds is 2. The van der Waals surface area contributed by atoms with Crippen LogP contribution < -0.4 is 5.32 Å². The summed E-state index contributed by atoms with van der Waals surface area (Å²) >= 11 is 3.11. The van der Waals surface area contributed by atoms with Crippen molar-refractivity contribution in [1.82, 2.24) is 0 Å². The summed E-state index contributed by atoms with van der Waals surface area (Å²) in [5, 5.41) is 2.29. The lowest BCUT2D eigenvalue weighted by Crippen LogP contribution is -2.14. The van der Waals surface area contributed by atoms with E-state index in [2.05, 4.69) is 21.2 Å². The van der Waals surface area contributed by atoms with Gasteiger partial charge in [-0.3, -0.25) is 4.79 Å². The molecule has 0 aliphatic heterocycles. The van der Waals surface area contributed by atoms with Gasteiger partial charge in [0, 0.05) is 16.2 Å². The molecule has 0 unspecified atom stereocenters. The van der Waals surface area contributed by atoms with Gasteiger partial charge in [0.2, 0.25) is 0 Å². The average molecular weight is 330 g/mol. The molecule has 0 radical (unpaired) electrons. The third-order valence-electron chi connectivity index (χ3n) is 2.35. The van der Waals surface area contributed by atoms with Crippen molar-refractivity contribution in [3.05, 3.63) is 63.9 Å². The molecule has 19 heavy (non-hydrogen) atoms. The number of nitrogens with one attached hydrogen (secondary N) is 1. The highest BCUT2D eigenvalue weighted by atomic mass is 79.9. The molecule has 1 amide bonds. The van der Waals surface area contributed by atoms with Crippen LogP contribution in [-0.4, -0.2) is 5.91 Å². The second-order valence-electron chi connectivity index (χ2n) is 3.71. The van der Waals surface area contributed by atoms with Gasteiger partial charge in [-0.1, -0.05) is 15.9 Å². The molecule has 0 saturated heterocycles. The molecule has 98 valence electrons. The third kappa shape index (κ3) is 3.14. The minimum absolute atomic E-state index is 0.0447. The Hall–Kier alpha value is -1.82. The molecular weight excluding hydrogens is 323 g/mol. The normalized spacial score (nSPS) is 10.3. The summed E-state index contributed by atoms with van der Waals surface area (Å²) in [6.07, 6.45) is 0. The first kappa shape index (κ1) is 13.6. The van der Waals surface area contributed by atoms with Crippen molar-refractivity contribution in [3.8, 4) is 0 Å². The molecule has 0 fully saturated rings. The maximum atomic E-state index is 13.5. The largest absolute Gasteiger partial charge is 0.322 e. The molecule has 6 heteroatoms. The summed E-state index contributed by atoms with van der Waals surface area (Å²) in [7, 11) is 0. The summed E-state index contributed by atoms with van der Waals surface area (Å²) in [6, 6.07) is 6.76. The number of carbonyl (C=O) groups is 1. The van der Waals surface area contributed by atoms with Gasteiger partial charge in [0.05, 0.1) is 5.56 Å². The van der Waals surface area contributed by atoms with Crippen LogP contribution in [0.5, 0.6) is 0 Å². The Morgan fingerprint density at radius 2 is 1.63 bits per heavy atom. The Kier molecular flexibility index (Phi) is 3.90. The van der Waals surface area contributed by atoms with Gasteiger partial charge in [0.25, 0.3) is 5.91 Å². The smallest absolute Gasteiger partial charge is 0.258 e. The van der Waals surface area contributed by atoms with Crippen molar-refractivity contribution in [2.75, 3.05) is 5.32 Å². The van der Waals surface area contributed by atoms with Gasteiger partial charge >= 0.3 is 0 Å². The zero-order valence-electron chi connectivity index (χ0n) is 9.38. The minimum atomic E-state index is -1.09. The van der Waals surface area contributed by atoms with E-state index in [0.717, 1.165) is 18.2 Å². The summed E-state index contributed by atoms with van der Waals surface area (Å²) in [6.45, 7) is 0. The molecule has 2 aromatic carbocycles. The van der Waals surface area contributed by atoms with E-state index in [-0.39, 0.29) is 11.3 Å². The molecule has 0 heterocycles. The lowest BCUT2D eigenvalue weighted by Gasteiger charge is -2.07. The van der Waals surface area contributed by atoms with Crippen molar-refractivity contribution in [2.45, 2.75) is 0 Å². The van der Waals surface area contributed by atoms with Gasteiger partial charge < -0.3 is 5.32 Å². The molecule has 0 aliphatic rings. The van der Waals surface area contributed by atoms with Crippen LogP contribution in [0.15, 0.2) is 40.9 Å². The SMILES string of the molecule is O=C(Nc1ccc(F)c(F)c1)c1cc(Br)ccc1F. The zero-order chi connectivity index (χ0) is 14.0. The van der Waals surface area contributed by atoms with E-state index in [9.17, 15) is 18.0 Å². The van der Waals surface area contributed by atoms with Crippen molar-refractivity contribution in [1.29, 1.82) is 0 Å². The molecule has 0 bridgehead atoms. The Labute approximate surface area is 115 Å². The predicted molar refractivity (Wildman–Crippen MR) is 68.4 cm³/mol. The molecule has 2 aromatic rings. The Morgan fingerprint density at radius 3 is 2.32 bits per heavy atom. The average Bonchev–Trinajstić information content (AvgIpc) is 2.36. The highest BCUT2D eigenvalue weighted by Crippen LogP contribution is 2.18. The number of hydrogen-bond acceptors (Lipinski definition) is 1. The summed E-state index contributed by atoms with van der Waals surface area (Å²) in [4.78, 5) is 11.8. The zero-order valence-corrected chi connectivity index (χ0v) is 11.0. The highest BCUT2D eigenvalue weighted by Gasteiger charge is 2.13. The number of carbonyl (C=O) groups excluding carboxylic acids is 1. The van der Waals surface area contributed by atoms with Gasteiger partial charge in [-0.15, -0.1) is 0 Å². The highest BCUT2D eigenvalue weighted by molar-refractivity contribution is 9.10. The molecule has 1 N–H and O–H groups in total. The van der Waals surface area contributed by atoms with Crippen molar-refractivity contribution < 1.29 is 18.0 Å². The summed E-state index contributed by atoms with van der Waals surface area (Å²) in [5.74, 6) is -3.56. The standard InChI is InChI=1S/C13H7BrF3NO/c14-7-1-3-10(15)9(5-7)13(19)18-8-2-4-11(16)12(17)6-8/h1-6H,(H,18,19). The van der Waals surface area contributed by atoms with E-state index in [1.165, 1.54) is 18.2 Å². The third-order valence-corrected chi connectivity index (χ3v) is 2.84. The fourth-order valence-corrected chi connectivity index (χ4v) is 1.80. The molecule has 0 atom stereocenters. The van der Waals surface area contributed by atoms with Gasteiger partial charge in [0.15, 0.2) is 11.6 Å². The monoisotopic (exact) mass is 329 g/mol. The van der Waals surface area contributed by atoms with Crippen molar-refractivity contribution in [2.24, 2.45) is 0 Å². The Bertz CT molecular complexity index is 646. The van der Waals surface area contributed by atoms with E-state index >= 15 is 0 Å². The van der Waals surface area contributed by atoms with E-state index < -0.39 is 23.4 Å². The Morgan fingerprint density at radius 1 is 0.947 bits per heavy atom. The lowest BCUT2D eigenvalue weighted by molar-refractivity contribution is 0.102. The van der Waals surface area contributed by atoms with Crippen LogP contribution in [0, 0.1) is 17.5 Å². The maximum absolute atomic E-state index is 13.5. The van der Waals surface area contributed by atoms with E-state index in [1.807, 2.05) is 0 Å². The number of hydrogen-bond donors (Lipinski definition) is 1. The molecular formula is C13H7BrF3NO. The van der Waals surface area contributed by atoms with E-state index in [4.69, 9.17) is 0 Å². The van der Waals surface area contributed by atoms with Crippen LogP contribution in [0.25, 0.3) is 0 Å². The van der Waals surface area contributed by atoms with E-state index in [0.29, 0.717) is 4.47 Å². The van der Waals surface area contributed by atoms with E-state index in [1.54, 1.807) is 0 Å². The first-order chi connectivity index (χ1) is 8.97. The number of halogens is 4. The second-order valence-corrected chi connectivity index (χ2v) is 4.62.